The second-order valence-electron chi connectivity index (χ2n) is 5.71. The Kier molecular flexibility index (Phi) is 4.82. The number of amides is 1. The largest absolute Gasteiger partial charge is 0.322 e. The Hall–Kier alpha value is -2.32. The molecule has 1 saturated heterocycles. The first kappa shape index (κ1) is 17.5. The van der Waals surface area contributed by atoms with Crippen LogP contribution in [0.4, 0.5) is 14.5 Å². The van der Waals surface area contributed by atoms with Crippen LogP contribution in [0.15, 0.2) is 47.4 Å². The van der Waals surface area contributed by atoms with Crippen molar-refractivity contribution in [2.75, 3.05) is 18.4 Å². The van der Waals surface area contributed by atoms with Crippen molar-refractivity contribution in [3.63, 3.8) is 0 Å². The highest BCUT2D eigenvalue weighted by molar-refractivity contribution is 7.89. The second-order valence-corrected chi connectivity index (χ2v) is 7.65. The van der Waals surface area contributed by atoms with Crippen molar-refractivity contribution in [3.8, 4) is 0 Å². The summed E-state index contributed by atoms with van der Waals surface area (Å²) < 4.78 is 53.0. The van der Waals surface area contributed by atoms with Crippen LogP contribution < -0.4 is 5.32 Å². The molecule has 1 amide bonds. The Labute approximate surface area is 144 Å². The molecule has 0 saturated carbocycles. The van der Waals surface area contributed by atoms with E-state index in [1.54, 1.807) is 0 Å². The van der Waals surface area contributed by atoms with Crippen molar-refractivity contribution in [2.45, 2.75) is 17.7 Å². The molecule has 3 rings (SSSR count). The highest BCUT2D eigenvalue weighted by atomic mass is 32.2. The van der Waals surface area contributed by atoms with E-state index in [-0.39, 0.29) is 10.6 Å². The standard InChI is InChI=1S/C17H16F2N2O3S/c18-12-3-8-16(19)15(11-12)17(22)20-13-4-6-14(7-5-13)25(23,24)21-9-1-2-10-21/h3-8,11H,1-2,9-10H2,(H,20,22). The third kappa shape index (κ3) is 3.69. The van der Waals surface area contributed by atoms with E-state index in [1.807, 2.05) is 0 Å². The second kappa shape index (κ2) is 6.89. The molecule has 0 aliphatic carbocycles. The maximum absolute atomic E-state index is 13.6. The Balaban J connectivity index is 1.76. The fourth-order valence-electron chi connectivity index (χ4n) is 2.66. The lowest BCUT2D eigenvalue weighted by atomic mass is 10.2. The van der Waals surface area contributed by atoms with Gasteiger partial charge in [-0.15, -0.1) is 0 Å². The maximum atomic E-state index is 13.6. The molecule has 1 N–H and O–H groups in total. The van der Waals surface area contributed by atoms with E-state index in [9.17, 15) is 22.0 Å². The summed E-state index contributed by atoms with van der Waals surface area (Å²) in [6.07, 6.45) is 1.68. The number of hydrogen-bond acceptors (Lipinski definition) is 3. The molecule has 0 atom stereocenters. The van der Waals surface area contributed by atoms with Crippen LogP contribution in [0.3, 0.4) is 0 Å². The summed E-state index contributed by atoms with van der Waals surface area (Å²) >= 11 is 0. The fraction of sp³-hybridized carbons (Fsp3) is 0.235. The van der Waals surface area contributed by atoms with Crippen molar-refractivity contribution >= 4 is 21.6 Å². The highest BCUT2D eigenvalue weighted by Crippen LogP contribution is 2.22. The number of carbonyl (C=O) groups is 1. The first-order valence-corrected chi connectivity index (χ1v) is 9.18. The van der Waals surface area contributed by atoms with E-state index in [0.29, 0.717) is 13.1 Å². The molecule has 0 unspecified atom stereocenters. The summed E-state index contributed by atoms with van der Waals surface area (Å²) in [6.45, 7) is 0.999. The Morgan fingerprint density at radius 3 is 2.28 bits per heavy atom. The van der Waals surface area contributed by atoms with E-state index in [0.717, 1.165) is 31.0 Å². The van der Waals surface area contributed by atoms with Crippen molar-refractivity contribution < 1.29 is 22.0 Å². The molecular formula is C17H16F2N2O3S. The topological polar surface area (TPSA) is 66.5 Å². The molecule has 8 heteroatoms. The van der Waals surface area contributed by atoms with Crippen LogP contribution >= 0.6 is 0 Å². The Morgan fingerprint density at radius 1 is 1.00 bits per heavy atom. The number of hydrogen-bond donors (Lipinski definition) is 1. The molecule has 132 valence electrons. The molecule has 2 aromatic rings. The molecule has 0 spiro atoms. The molecule has 1 aliphatic heterocycles. The van der Waals surface area contributed by atoms with E-state index in [1.165, 1.54) is 28.6 Å². The van der Waals surface area contributed by atoms with Gasteiger partial charge in [0.15, 0.2) is 0 Å². The van der Waals surface area contributed by atoms with Crippen LogP contribution in [0, 0.1) is 11.6 Å². The van der Waals surface area contributed by atoms with E-state index in [4.69, 9.17) is 0 Å². The molecule has 1 aliphatic rings. The molecule has 0 bridgehead atoms. The number of sulfonamides is 1. The van der Waals surface area contributed by atoms with Gasteiger partial charge in [0.1, 0.15) is 11.6 Å². The van der Waals surface area contributed by atoms with Crippen LogP contribution in [0.1, 0.15) is 23.2 Å². The number of carbonyl (C=O) groups excluding carboxylic acids is 1. The van der Waals surface area contributed by atoms with E-state index < -0.39 is 33.1 Å². The molecule has 0 radical (unpaired) electrons. The van der Waals surface area contributed by atoms with Crippen molar-refractivity contribution in [2.24, 2.45) is 0 Å². The van der Waals surface area contributed by atoms with Crippen LogP contribution in [-0.4, -0.2) is 31.7 Å². The predicted octanol–water partition coefficient (Wildman–Crippen LogP) is 3.00. The minimum absolute atomic E-state index is 0.129. The lowest BCUT2D eigenvalue weighted by Gasteiger charge is -2.15. The van der Waals surface area contributed by atoms with Gasteiger partial charge in [-0.25, -0.2) is 17.2 Å². The zero-order chi connectivity index (χ0) is 18.0. The molecule has 1 heterocycles. The average molecular weight is 366 g/mol. The molecule has 25 heavy (non-hydrogen) atoms. The van der Waals surface area contributed by atoms with Gasteiger partial charge in [0.05, 0.1) is 10.5 Å². The molecule has 1 fully saturated rings. The first-order chi connectivity index (χ1) is 11.9. The number of benzene rings is 2. The number of nitrogens with one attached hydrogen (secondary N) is 1. The number of rotatable bonds is 4. The van der Waals surface area contributed by atoms with Gasteiger partial charge in [0.25, 0.3) is 5.91 Å². The Bertz CT molecular complexity index is 893. The van der Waals surface area contributed by atoms with Gasteiger partial charge in [0.2, 0.25) is 10.0 Å². The van der Waals surface area contributed by atoms with E-state index in [2.05, 4.69) is 5.32 Å². The summed E-state index contributed by atoms with van der Waals surface area (Å²) in [5.41, 5.74) is -0.136. The Morgan fingerprint density at radius 2 is 1.64 bits per heavy atom. The summed E-state index contributed by atoms with van der Waals surface area (Å²) in [7, 11) is -3.54. The van der Waals surface area contributed by atoms with Gasteiger partial charge in [-0.2, -0.15) is 4.31 Å². The van der Waals surface area contributed by atoms with E-state index >= 15 is 0 Å². The zero-order valence-electron chi connectivity index (χ0n) is 13.2. The molecular weight excluding hydrogens is 350 g/mol. The monoisotopic (exact) mass is 366 g/mol. The third-order valence-electron chi connectivity index (χ3n) is 3.99. The van der Waals surface area contributed by atoms with Gasteiger partial charge in [-0.1, -0.05) is 0 Å². The highest BCUT2D eigenvalue weighted by Gasteiger charge is 2.27. The normalized spacial score (nSPS) is 15.3. The summed E-state index contributed by atoms with van der Waals surface area (Å²) in [5, 5.41) is 2.42. The minimum Gasteiger partial charge on any atom is -0.322 e. The van der Waals surface area contributed by atoms with Gasteiger partial charge in [-0.05, 0) is 55.3 Å². The first-order valence-electron chi connectivity index (χ1n) is 7.74. The van der Waals surface area contributed by atoms with Gasteiger partial charge in [-0.3, -0.25) is 4.79 Å². The van der Waals surface area contributed by atoms with Crippen LogP contribution in [0.5, 0.6) is 0 Å². The smallest absolute Gasteiger partial charge is 0.258 e. The molecule has 0 aromatic heterocycles. The van der Waals surface area contributed by atoms with Crippen LogP contribution in [-0.2, 0) is 10.0 Å². The third-order valence-corrected chi connectivity index (χ3v) is 5.90. The average Bonchev–Trinajstić information content (AvgIpc) is 3.13. The summed E-state index contributed by atoms with van der Waals surface area (Å²) in [4.78, 5) is 12.2. The molecule has 5 nitrogen and oxygen atoms in total. The maximum Gasteiger partial charge on any atom is 0.258 e. The van der Waals surface area contributed by atoms with Crippen molar-refractivity contribution in [3.05, 3.63) is 59.7 Å². The zero-order valence-corrected chi connectivity index (χ0v) is 14.0. The summed E-state index contributed by atoms with van der Waals surface area (Å²) in [5.74, 6) is -2.38. The number of halogens is 2. The summed E-state index contributed by atoms with van der Waals surface area (Å²) in [6, 6.07) is 8.18. The fourth-order valence-corrected chi connectivity index (χ4v) is 4.17. The predicted molar refractivity (Wildman–Crippen MR) is 88.7 cm³/mol. The number of anilines is 1. The molecule has 2 aromatic carbocycles. The van der Waals surface area contributed by atoms with Gasteiger partial charge in [0, 0.05) is 18.8 Å². The number of nitrogens with zero attached hydrogens (tertiary/aromatic N) is 1. The van der Waals surface area contributed by atoms with Crippen molar-refractivity contribution in [1.82, 2.24) is 4.31 Å². The van der Waals surface area contributed by atoms with Gasteiger partial charge >= 0.3 is 0 Å². The SMILES string of the molecule is O=C(Nc1ccc(S(=O)(=O)N2CCCC2)cc1)c1cc(F)ccc1F. The lowest BCUT2D eigenvalue weighted by Crippen LogP contribution is -2.27. The lowest BCUT2D eigenvalue weighted by molar-refractivity contribution is 0.102. The quantitative estimate of drug-likeness (QED) is 0.905. The van der Waals surface area contributed by atoms with Crippen LogP contribution in [0.2, 0.25) is 0 Å². The van der Waals surface area contributed by atoms with Crippen LogP contribution in [0.25, 0.3) is 0 Å². The minimum atomic E-state index is -3.54. The van der Waals surface area contributed by atoms with Gasteiger partial charge < -0.3 is 5.32 Å². The van der Waals surface area contributed by atoms with Crippen molar-refractivity contribution in [1.29, 1.82) is 0 Å².